The van der Waals surface area contributed by atoms with E-state index in [9.17, 15) is 13.2 Å². The molecule has 6 heteroatoms. The first-order valence-electron chi connectivity index (χ1n) is 9.32. The predicted molar refractivity (Wildman–Crippen MR) is 88.3 cm³/mol. The quantitative estimate of drug-likeness (QED) is 0.785. The summed E-state index contributed by atoms with van der Waals surface area (Å²) in [6, 6.07) is 0. The molecule has 0 radical (unpaired) electrons. The van der Waals surface area contributed by atoms with Crippen LogP contribution >= 0.6 is 0 Å². The topological polar surface area (TPSA) is 57.7 Å². The summed E-state index contributed by atoms with van der Waals surface area (Å²) < 4.78 is 26.9. The fourth-order valence-electron chi connectivity index (χ4n) is 4.99. The van der Waals surface area contributed by atoms with Gasteiger partial charge in [-0.2, -0.15) is 0 Å². The summed E-state index contributed by atoms with van der Waals surface area (Å²) in [5.41, 5.74) is 0. The Morgan fingerprint density at radius 1 is 0.957 bits per heavy atom. The summed E-state index contributed by atoms with van der Waals surface area (Å²) in [5, 5.41) is -0.274. The van der Waals surface area contributed by atoms with Crippen LogP contribution in [0.15, 0.2) is 0 Å². The molecule has 2 saturated heterocycles. The molecule has 0 spiro atoms. The lowest BCUT2D eigenvalue weighted by Crippen LogP contribution is -2.46. The second kappa shape index (κ2) is 6.03. The number of amides is 1. The Balaban J connectivity index is 1.29. The van der Waals surface area contributed by atoms with Crippen molar-refractivity contribution in [2.24, 2.45) is 17.8 Å². The minimum atomic E-state index is -3.14. The van der Waals surface area contributed by atoms with Gasteiger partial charge >= 0.3 is 0 Å². The highest BCUT2D eigenvalue weighted by atomic mass is 32.2. The average Bonchev–Trinajstić information content (AvgIpc) is 2.97. The Hall–Kier alpha value is -0.620. The Kier molecular flexibility index (Phi) is 4.16. The zero-order chi connectivity index (χ0) is 16.0. The molecule has 1 amide bonds. The maximum Gasteiger partial charge on any atom is 0.222 e. The van der Waals surface area contributed by atoms with Crippen molar-refractivity contribution in [3.8, 4) is 0 Å². The van der Waals surface area contributed by atoms with Crippen LogP contribution in [0.4, 0.5) is 0 Å². The van der Waals surface area contributed by atoms with Gasteiger partial charge in [0.25, 0.3) is 0 Å². The highest BCUT2D eigenvalue weighted by Gasteiger charge is 2.48. The molecule has 4 aliphatic rings. The number of fused-ring (bicyclic) bond motifs is 1. The monoisotopic (exact) mass is 340 g/mol. The minimum Gasteiger partial charge on any atom is -0.343 e. The van der Waals surface area contributed by atoms with Crippen molar-refractivity contribution in [1.29, 1.82) is 0 Å². The van der Waals surface area contributed by atoms with Crippen molar-refractivity contribution >= 4 is 15.9 Å². The van der Waals surface area contributed by atoms with E-state index in [-0.39, 0.29) is 11.2 Å². The Morgan fingerprint density at radius 2 is 1.65 bits per heavy atom. The van der Waals surface area contributed by atoms with Crippen LogP contribution in [0.3, 0.4) is 0 Å². The average molecular weight is 340 g/mol. The molecule has 0 aromatic carbocycles. The smallest absolute Gasteiger partial charge is 0.222 e. The molecule has 3 unspecified atom stereocenters. The lowest BCUT2D eigenvalue weighted by molar-refractivity contribution is -0.133. The first kappa shape index (κ1) is 15.9. The van der Waals surface area contributed by atoms with E-state index in [0.29, 0.717) is 51.4 Å². The number of sulfonamides is 1. The number of carbonyl (C=O) groups excluding carboxylic acids is 1. The summed E-state index contributed by atoms with van der Waals surface area (Å²) in [7, 11) is -3.14. The molecule has 5 nitrogen and oxygen atoms in total. The van der Waals surface area contributed by atoms with Gasteiger partial charge in [-0.1, -0.05) is 0 Å². The molecule has 2 heterocycles. The fourth-order valence-corrected chi connectivity index (χ4v) is 6.98. The molecule has 2 saturated carbocycles. The molecule has 2 aliphatic heterocycles. The van der Waals surface area contributed by atoms with E-state index < -0.39 is 10.0 Å². The van der Waals surface area contributed by atoms with E-state index in [4.69, 9.17) is 0 Å². The SMILES string of the molecule is O=C(CC1CCC2CC12)N1CCC(S(=O)(=O)N2CCCC2)CC1. The van der Waals surface area contributed by atoms with Crippen molar-refractivity contribution in [1.82, 2.24) is 9.21 Å². The van der Waals surface area contributed by atoms with Gasteiger partial charge in [-0.05, 0) is 62.7 Å². The van der Waals surface area contributed by atoms with Gasteiger partial charge in [0.1, 0.15) is 0 Å². The maximum atomic E-state index is 12.6. The molecule has 0 N–H and O–H groups in total. The van der Waals surface area contributed by atoms with Crippen LogP contribution in [0.5, 0.6) is 0 Å². The van der Waals surface area contributed by atoms with E-state index in [1.165, 1.54) is 19.3 Å². The van der Waals surface area contributed by atoms with Crippen LogP contribution in [0.2, 0.25) is 0 Å². The molecular weight excluding hydrogens is 312 g/mol. The van der Waals surface area contributed by atoms with Crippen molar-refractivity contribution < 1.29 is 13.2 Å². The summed E-state index contributed by atoms with van der Waals surface area (Å²) in [5.74, 6) is 2.62. The third kappa shape index (κ3) is 3.04. The summed E-state index contributed by atoms with van der Waals surface area (Å²) in [6.45, 7) is 2.62. The summed E-state index contributed by atoms with van der Waals surface area (Å²) >= 11 is 0. The Morgan fingerprint density at radius 3 is 2.22 bits per heavy atom. The van der Waals surface area contributed by atoms with E-state index in [0.717, 1.165) is 24.7 Å². The number of hydrogen-bond acceptors (Lipinski definition) is 3. The molecule has 4 fully saturated rings. The number of piperidine rings is 1. The minimum absolute atomic E-state index is 0.263. The molecule has 0 aromatic rings. The summed E-state index contributed by atoms with van der Waals surface area (Å²) in [6.07, 6.45) is 7.78. The lowest BCUT2D eigenvalue weighted by Gasteiger charge is -2.34. The fraction of sp³-hybridized carbons (Fsp3) is 0.941. The highest BCUT2D eigenvalue weighted by Crippen LogP contribution is 2.56. The number of nitrogens with zero attached hydrogens (tertiary/aromatic N) is 2. The lowest BCUT2D eigenvalue weighted by atomic mass is 9.98. The van der Waals surface area contributed by atoms with Gasteiger partial charge in [-0.3, -0.25) is 4.79 Å². The van der Waals surface area contributed by atoms with Crippen LogP contribution < -0.4 is 0 Å². The Bertz CT molecular complexity index is 562. The third-order valence-corrected chi connectivity index (χ3v) is 8.97. The van der Waals surface area contributed by atoms with Crippen molar-refractivity contribution in [2.45, 2.75) is 56.6 Å². The van der Waals surface area contributed by atoms with Gasteiger partial charge in [0.15, 0.2) is 0 Å². The molecule has 0 aromatic heterocycles. The van der Waals surface area contributed by atoms with Gasteiger partial charge in [0.2, 0.25) is 15.9 Å². The van der Waals surface area contributed by atoms with Gasteiger partial charge < -0.3 is 4.90 Å². The van der Waals surface area contributed by atoms with Crippen LogP contribution in [0, 0.1) is 17.8 Å². The molecule has 130 valence electrons. The highest BCUT2D eigenvalue weighted by molar-refractivity contribution is 7.89. The largest absolute Gasteiger partial charge is 0.343 e. The standard InChI is InChI=1S/C17H28N2O3S/c20-17(12-14-4-3-13-11-16(13)14)18-9-5-15(6-10-18)23(21,22)19-7-1-2-8-19/h13-16H,1-12H2. The molecule has 2 aliphatic carbocycles. The number of hydrogen-bond donors (Lipinski definition) is 0. The zero-order valence-corrected chi connectivity index (χ0v) is 14.6. The Labute approximate surface area is 139 Å². The van der Waals surface area contributed by atoms with Gasteiger partial charge in [0.05, 0.1) is 5.25 Å². The van der Waals surface area contributed by atoms with Crippen LogP contribution in [0.1, 0.15) is 51.4 Å². The van der Waals surface area contributed by atoms with E-state index in [2.05, 4.69) is 0 Å². The van der Waals surface area contributed by atoms with Gasteiger partial charge in [-0.25, -0.2) is 12.7 Å². The first-order valence-corrected chi connectivity index (χ1v) is 10.8. The second-order valence-electron chi connectivity index (χ2n) is 7.93. The number of rotatable bonds is 4. The third-order valence-electron chi connectivity index (χ3n) is 6.57. The van der Waals surface area contributed by atoms with Crippen molar-refractivity contribution in [3.63, 3.8) is 0 Å². The van der Waals surface area contributed by atoms with Crippen molar-refractivity contribution in [2.75, 3.05) is 26.2 Å². The second-order valence-corrected chi connectivity index (χ2v) is 10.1. The van der Waals surface area contributed by atoms with Gasteiger partial charge in [-0.15, -0.1) is 0 Å². The van der Waals surface area contributed by atoms with Crippen LogP contribution in [-0.2, 0) is 14.8 Å². The normalized spacial score (nSPS) is 35.5. The molecule has 3 atom stereocenters. The van der Waals surface area contributed by atoms with Crippen LogP contribution in [-0.4, -0.2) is 55.0 Å². The first-order chi connectivity index (χ1) is 11.1. The molecule has 4 rings (SSSR count). The number of carbonyl (C=O) groups is 1. The van der Waals surface area contributed by atoms with E-state index in [1.54, 1.807) is 4.31 Å². The number of likely N-dealkylation sites (tertiary alicyclic amines) is 1. The predicted octanol–water partition coefficient (Wildman–Crippen LogP) is 1.84. The van der Waals surface area contributed by atoms with E-state index in [1.807, 2.05) is 4.90 Å². The molecular formula is C17H28N2O3S. The molecule has 0 bridgehead atoms. The van der Waals surface area contributed by atoms with Crippen molar-refractivity contribution in [3.05, 3.63) is 0 Å². The maximum absolute atomic E-state index is 12.6. The zero-order valence-electron chi connectivity index (χ0n) is 13.8. The summed E-state index contributed by atoms with van der Waals surface area (Å²) in [4.78, 5) is 14.4. The van der Waals surface area contributed by atoms with Crippen LogP contribution in [0.25, 0.3) is 0 Å². The van der Waals surface area contributed by atoms with E-state index >= 15 is 0 Å². The molecule has 23 heavy (non-hydrogen) atoms. The van der Waals surface area contributed by atoms with Gasteiger partial charge in [0, 0.05) is 32.6 Å².